The average Bonchev–Trinajstić information content (AvgIpc) is 2.60. The van der Waals surface area contributed by atoms with Crippen LogP contribution >= 0.6 is 0 Å². The van der Waals surface area contributed by atoms with Crippen LogP contribution in [0.25, 0.3) is 0 Å². The minimum Gasteiger partial charge on any atom is -0.390 e. The van der Waals surface area contributed by atoms with E-state index in [0.717, 1.165) is 6.07 Å². The van der Waals surface area contributed by atoms with Gasteiger partial charge in [0, 0.05) is 43.7 Å². The van der Waals surface area contributed by atoms with Gasteiger partial charge in [0.1, 0.15) is 11.6 Å². The van der Waals surface area contributed by atoms with Gasteiger partial charge in [-0.15, -0.1) is 0 Å². The van der Waals surface area contributed by atoms with Crippen molar-refractivity contribution in [1.29, 1.82) is 0 Å². The number of halogens is 2. The van der Waals surface area contributed by atoms with Crippen molar-refractivity contribution in [1.82, 2.24) is 15.2 Å². The summed E-state index contributed by atoms with van der Waals surface area (Å²) in [4.78, 5) is 17.9. The highest BCUT2D eigenvalue weighted by Crippen LogP contribution is 2.17. The second kappa shape index (κ2) is 7.67. The highest BCUT2D eigenvalue weighted by Gasteiger charge is 2.29. The van der Waals surface area contributed by atoms with Gasteiger partial charge >= 0.3 is 0 Å². The van der Waals surface area contributed by atoms with Gasteiger partial charge in [-0.1, -0.05) is 6.07 Å². The Morgan fingerprint density at radius 3 is 2.88 bits per heavy atom. The van der Waals surface area contributed by atoms with Crippen LogP contribution in [0.15, 0.2) is 42.7 Å². The van der Waals surface area contributed by atoms with Crippen molar-refractivity contribution < 1.29 is 18.7 Å². The lowest BCUT2D eigenvalue weighted by atomic mass is 10.0. The molecule has 1 amide bonds. The molecular formula is C18H19F2N3O2. The van der Waals surface area contributed by atoms with Gasteiger partial charge in [-0.3, -0.25) is 14.7 Å². The van der Waals surface area contributed by atoms with E-state index in [1.54, 1.807) is 18.3 Å². The lowest BCUT2D eigenvalue weighted by molar-refractivity contribution is 0.0346. The van der Waals surface area contributed by atoms with Gasteiger partial charge in [0.2, 0.25) is 0 Å². The van der Waals surface area contributed by atoms with Gasteiger partial charge in [-0.2, -0.15) is 0 Å². The number of carbonyl (C=O) groups excluding carboxylic acids is 1. The summed E-state index contributed by atoms with van der Waals surface area (Å²) < 4.78 is 26.7. The Bertz CT molecular complexity index is 742. The molecule has 0 radical (unpaired) electrons. The molecule has 2 aromatic rings. The molecule has 1 aromatic heterocycles. The number of hydrogen-bond donors (Lipinski definition) is 2. The number of aliphatic hydroxyl groups excluding tert-OH is 1. The Balaban J connectivity index is 1.56. The summed E-state index contributed by atoms with van der Waals surface area (Å²) in [5.41, 5.74) is 0.817. The van der Waals surface area contributed by atoms with Crippen LogP contribution in [0.1, 0.15) is 22.3 Å². The van der Waals surface area contributed by atoms with Crippen LogP contribution in [-0.2, 0) is 6.54 Å². The number of likely N-dealkylation sites (tertiary alicyclic amines) is 1. The highest BCUT2D eigenvalue weighted by atomic mass is 19.1. The smallest absolute Gasteiger partial charge is 0.253 e. The van der Waals surface area contributed by atoms with E-state index in [9.17, 15) is 18.7 Å². The number of rotatable bonds is 4. The van der Waals surface area contributed by atoms with Crippen molar-refractivity contribution in [2.75, 3.05) is 13.1 Å². The molecule has 0 aliphatic carbocycles. The van der Waals surface area contributed by atoms with Crippen molar-refractivity contribution in [3.05, 3.63) is 65.5 Å². The van der Waals surface area contributed by atoms with Crippen molar-refractivity contribution in [2.24, 2.45) is 0 Å². The summed E-state index contributed by atoms with van der Waals surface area (Å²) in [7, 11) is 0. The van der Waals surface area contributed by atoms with Crippen molar-refractivity contribution in [3.8, 4) is 0 Å². The Kier molecular flexibility index (Phi) is 5.35. The van der Waals surface area contributed by atoms with Crippen molar-refractivity contribution in [2.45, 2.75) is 25.1 Å². The summed E-state index contributed by atoms with van der Waals surface area (Å²) >= 11 is 0. The third kappa shape index (κ3) is 4.37. The van der Waals surface area contributed by atoms with Gasteiger partial charge in [0.15, 0.2) is 0 Å². The molecule has 2 N–H and O–H groups in total. The molecule has 132 valence electrons. The molecule has 1 fully saturated rings. The molecule has 25 heavy (non-hydrogen) atoms. The van der Waals surface area contributed by atoms with E-state index >= 15 is 0 Å². The number of amides is 1. The first-order valence-electron chi connectivity index (χ1n) is 8.08. The van der Waals surface area contributed by atoms with Crippen LogP contribution in [0.5, 0.6) is 0 Å². The topological polar surface area (TPSA) is 65.5 Å². The Morgan fingerprint density at radius 1 is 1.36 bits per heavy atom. The summed E-state index contributed by atoms with van der Waals surface area (Å²) in [6, 6.07) is 6.43. The first-order chi connectivity index (χ1) is 12.0. The van der Waals surface area contributed by atoms with Crippen LogP contribution in [0.4, 0.5) is 8.78 Å². The number of nitrogens with one attached hydrogen (secondary N) is 1. The molecule has 1 saturated heterocycles. The maximum atomic E-state index is 13.7. The Hall–Kier alpha value is -2.38. The predicted molar refractivity (Wildman–Crippen MR) is 87.8 cm³/mol. The standard InChI is InChI=1S/C18H19F2N3O2/c19-14-4-3-13(15(20)8-14)10-23-7-5-16(17(24)11-23)22-18(25)12-2-1-6-21-9-12/h1-4,6,8-9,16-17,24H,5,7,10-11H2,(H,22,25)/t16-,17-/m1/s1. The van der Waals surface area contributed by atoms with Gasteiger partial charge < -0.3 is 10.4 Å². The molecule has 0 bridgehead atoms. The number of benzene rings is 1. The van der Waals surface area contributed by atoms with E-state index in [4.69, 9.17) is 0 Å². The number of piperidine rings is 1. The molecule has 5 nitrogen and oxygen atoms in total. The van der Waals surface area contributed by atoms with Gasteiger partial charge in [0.25, 0.3) is 5.91 Å². The van der Waals surface area contributed by atoms with Crippen LogP contribution in [0, 0.1) is 11.6 Å². The number of pyridine rings is 1. The molecular weight excluding hydrogens is 328 g/mol. The number of aromatic nitrogens is 1. The fraction of sp³-hybridized carbons (Fsp3) is 0.333. The molecule has 3 rings (SSSR count). The predicted octanol–water partition coefficient (Wildman–Crippen LogP) is 1.72. The zero-order valence-corrected chi connectivity index (χ0v) is 13.5. The number of nitrogens with zero attached hydrogens (tertiary/aromatic N) is 2. The molecule has 0 saturated carbocycles. The first-order valence-corrected chi connectivity index (χ1v) is 8.08. The second-order valence-electron chi connectivity index (χ2n) is 6.15. The minimum atomic E-state index is -0.766. The number of aliphatic hydroxyl groups is 1. The van der Waals surface area contributed by atoms with E-state index < -0.39 is 17.7 Å². The second-order valence-corrected chi connectivity index (χ2v) is 6.15. The van der Waals surface area contributed by atoms with E-state index in [1.807, 2.05) is 4.90 Å². The zero-order valence-electron chi connectivity index (χ0n) is 13.5. The molecule has 2 atom stereocenters. The normalized spacial score (nSPS) is 21.1. The average molecular weight is 347 g/mol. The van der Waals surface area contributed by atoms with Crippen molar-refractivity contribution in [3.63, 3.8) is 0 Å². The van der Waals surface area contributed by atoms with Crippen molar-refractivity contribution >= 4 is 5.91 Å². The molecule has 0 unspecified atom stereocenters. The van der Waals surface area contributed by atoms with Crippen LogP contribution < -0.4 is 5.32 Å². The maximum absolute atomic E-state index is 13.7. The fourth-order valence-corrected chi connectivity index (χ4v) is 2.95. The fourth-order valence-electron chi connectivity index (χ4n) is 2.95. The molecule has 2 heterocycles. The monoisotopic (exact) mass is 347 g/mol. The third-order valence-electron chi connectivity index (χ3n) is 4.32. The SMILES string of the molecule is O=C(N[C@@H]1CCN(Cc2ccc(F)cc2F)C[C@H]1O)c1cccnc1. The maximum Gasteiger partial charge on any atom is 0.253 e. The molecule has 1 aliphatic rings. The van der Waals surface area contributed by atoms with Gasteiger partial charge in [0.05, 0.1) is 17.7 Å². The highest BCUT2D eigenvalue weighted by molar-refractivity contribution is 5.94. The van der Waals surface area contributed by atoms with Crippen LogP contribution in [-0.4, -0.2) is 46.1 Å². The lowest BCUT2D eigenvalue weighted by Crippen LogP contribution is -2.53. The van der Waals surface area contributed by atoms with Gasteiger partial charge in [-0.05, 0) is 24.6 Å². The Labute approximate surface area is 144 Å². The number of carbonyl (C=O) groups is 1. The Morgan fingerprint density at radius 2 is 2.20 bits per heavy atom. The van der Waals surface area contributed by atoms with E-state index in [-0.39, 0.29) is 18.5 Å². The van der Waals surface area contributed by atoms with Gasteiger partial charge in [-0.25, -0.2) is 8.78 Å². The first kappa shape index (κ1) is 17.4. The molecule has 7 heteroatoms. The number of hydrogen-bond acceptors (Lipinski definition) is 4. The lowest BCUT2D eigenvalue weighted by Gasteiger charge is -2.36. The van der Waals surface area contributed by atoms with Crippen LogP contribution in [0.3, 0.4) is 0 Å². The quantitative estimate of drug-likeness (QED) is 0.884. The molecule has 1 aromatic carbocycles. The minimum absolute atomic E-state index is 0.282. The van der Waals surface area contributed by atoms with E-state index in [1.165, 1.54) is 18.3 Å². The molecule has 1 aliphatic heterocycles. The van der Waals surface area contributed by atoms with E-state index in [2.05, 4.69) is 10.3 Å². The third-order valence-corrected chi connectivity index (χ3v) is 4.32. The number of β-amino-alcohol motifs (C(OH)–C–C–N with tert-alkyl or cyclic N) is 1. The zero-order chi connectivity index (χ0) is 17.8. The largest absolute Gasteiger partial charge is 0.390 e. The summed E-state index contributed by atoms with van der Waals surface area (Å²) in [6.45, 7) is 1.17. The van der Waals surface area contributed by atoms with E-state index in [0.29, 0.717) is 30.6 Å². The molecule has 0 spiro atoms. The van der Waals surface area contributed by atoms with Crippen LogP contribution in [0.2, 0.25) is 0 Å². The summed E-state index contributed by atoms with van der Waals surface area (Å²) in [5, 5.41) is 13.1. The summed E-state index contributed by atoms with van der Waals surface area (Å²) in [6.07, 6.45) is 2.82. The summed E-state index contributed by atoms with van der Waals surface area (Å²) in [5.74, 6) is -1.49.